The second-order valence-corrected chi connectivity index (χ2v) is 6.03. The molecular weight excluding hydrogens is 422 g/mol. The summed E-state index contributed by atoms with van der Waals surface area (Å²) < 4.78 is 84.8. The van der Waals surface area contributed by atoms with Crippen LogP contribution in [-0.4, -0.2) is 23.2 Å². The number of hydrogen-bond donors (Lipinski definition) is 3. The molecule has 7 nitrogen and oxygen atoms in total. The zero-order valence-corrected chi connectivity index (χ0v) is 15.3. The number of carbonyl (C=O) groups excluding carboxylic acids is 1. The van der Waals surface area contributed by atoms with Gasteiger partial charge in [0, 0.05) is 12.6 Å². The Labute approximate surface area is 166 Å². The van der Waals surface area contributed by atoms with Crippen LogP contribution in [0.15, 0.2) is 36.4 Å². The van der Waals surface area contributed by atoms with Gasteiger partial charge in [0.05, 0.1) is 11.3 Å². The molecule has 0 atom stereocenters. The number of hydrogen-bond acceptors (Lipinski definition) is 5. The van der Waals surface area contributed by atoms with Crippen molar-refractivity contribution in [3.05, 3.63) is 53.1 Å². The van der Waals surface area contributed by atoms with Gasteiger partial charge < -0.3 is 9.84 Å². The van der Waals surface area contributed by atoms with Crippen molar-refractivity contribution in [3.8, 4) is 11.5 Å². The third kappa shape index (κ3) is 5.04. The Kier molecular flexibility index (Phi) is 6.37. The lowest BCUT2D eigenvalue weighted by molar-refractivity contribution is -0.140. The van der Waals surface area contributed by atoms with Gasteiger partial charge in [-0.05, 0) is 30.3 Å². The first-order valence-corrected chi connectivity index (χ1v) is 8.02. The van der Waals surface area contributed by atoms with E-state index in [2.05, 4.69) is 0 Å². The van der Waals surface area contributed by atoms with Gasteiger partial charge in [-0.25, -0.2) is 21.5 Å². The maximum absolute atomic E-state index is 13.5. The minimum absolute atomic E-state index is 0.315. The fourth-order valence-electron chi connectivity index (χ4n) is 2.51. The Hall–Kier alpha value is -3.19. The summed E-state index contributed by atoms with van der Waals surface area (Å²) in [5.41, 5.74) is -3.82. The normalized spacial score (nSPS) is 11.9. The van der Waals surface area contributed by atoms with Gasteiger partial charge in [0.2, 0.25) is 0 Å². The molecule has 0 heterocycles. The van der Waals surface area contributed by atoms with E-state index >= 15 is 0 Å². The monoisotopic (exact) mass is 438 g/mol. The Bertz CT molecular complexity index is 931. The third-order valence-corrected chi connectivity index (χ3v) is 3.86. The van der Waals surface area contributed by atoms with Crippen molar-refractivity contribution in [1.29, 1.82) is 0 Å². The number of phenolic OH excluding ortho intramolecular Hbond substituents is 1. The molecule has 0 aliphatic rings. The maximum atomic E-state index is 13.5. The number of carbonyl (C=O) groups is 1. The number of amides is 2. The Morgan fingerprint density at radius 3 is 2.17 bits per heavy atom. The number of nitrogens with zero attached hydrogens (tertiary/aromatic N) is 2. The van der Waals surface area contributed by atoms with Gasteiger partial charge in [0.15, 0.2) is 0 Å². The van der Waals surface area contributed by atoms with Crippen LogP contribution < -0.4 is 21.4 Å². The lowest BCUT2D eigenvalue weighted by Gasteiger charge is -2.25. The highest BCUT2D eigenvalue weighted by atomic mass is 19.4. The fourth-order valence-corrected chi connectivity index (χ4v) is 2.51. The number of phenols is 1. The molecule has 0 fully saturated rings. The van der Waals surface area contributed by atoms with Crippen molar-refractivity contribution in [3.63, 3.8) is 0 Å². The number of hydrazine groups is 2. The largest absolute Gasteiger partial charge is 0.508 e. The molecule has 164 valence electrons. The molecule has 2 aromatic carbocycles. The van der Waals surface area contributed by atoms with Gasteiger partial charge >= 0.3 is 18.4 Å². The Morgan fingerprint density at radius 2 is 1.63 bits per heavy atom. The average molecular weight is 438 g/mol. The summed E-state index contributed by atoms with van der Waals surface area (Å²) in [6.07, 6.45) is -9.87. The molecular formula is C17H16F6N4O3. The molecule has 0 spiro atoms. The number of halogens is 6. The smallest absolute Gasteiger partial charge is 0.420 e. The van der Waals surface area contributed by atoms with Crippen LogP contribution in [0.5, 0.6) is 11.5 Å². The summed E-state index contributed by atoms with van der Waals surface area (Å²) in [5.74, 6) is 9.28. The second-order valence-electron chi connectivity index (χ2n) is 6.03. The number of anilines is 1. The Balaban J connectivity index is 2.53. The molecule has 0 radical (unpaired) electrons. The van der Waals surface area contributed by atoms with Gasteiger partial charge in [-0.15, -0.1) is 0 Å². The number of ether oxygens (including phenoxy) is 1. The number of benzene rings is 2. The van der Waals surface area contributed by atoms with E-state index in [1.807, 2.05) is 0 Å². The molecule has 13 heteroatoms. The van der Waals surface area contributed by atoms with Gasteiger partial charge in [-0.2, -0.15) is 26.3 Å². The second kappa shape index (κ2) is 8.28. The zero-order chi connectivity index (χ0) is 22.9. The average Bonchev–Trinajstić information content (AvgIpc) is 2.63. The van der Waals surface area contributed by atoms with Crippen LogP contribution in [0.25, 0.3) is 0 Å². The van der Waals surface area contributed by atoms with Crippen molar-refractivity contribution >= 4 is 11.7 Å². The molecule has 0 saturated heterocycles. The molecule has 0 bridgehead atoms. The summed E-state index contributed by atoms with van der Waals surface area (Å²) in [7, 11) is 1.10. The summed E-state index contributed by atoms with van der Waals surface area (Å²) in [4.78, 5) is 12.0. The highest BCUT2D eigenvalue weighted by Gasteiger charge is 2.37. The highest BCUT2D eigenvalue weighted by molar-refractivity contribution is 5.91. The van der Waals surface area contributed by atoms with Crippen LogP contribution >= 0.6 is 0 Å². The van der Waals surface area contributed by atoms with E-state index in [4.69, 9.17) is 16.4 Å². The zero-order valence-electron chi connectivity index (χ0n) is 15.3. The molecule has 2 amide bonds. The van der Waals surface area contributed by atoms with Gasteiger partial charge in [0.1, 0.15) is 23.7 Å². The molecule has 0 unspecified atom stereocenters. The maximum Gasteiger partial charge on any atom is 0.420 e. The van der Waals surface area contributed by atoms with Crippen molar-refractivity contribution in [2.45, 2.75) is 19.0 Å². The predicted octanol–water partition coefficient (Wildman–Crippen LogP) is 3.61. The first-order chi connectivity index (χ1) is 13.7. The van der Waals surface area contributed by atoms with Crippen molar-refractivity contribution < 1.29 is 41.0 Å². The van der Waals surface area contributed by atoms with E-state index in [0.29, 0.717) is 22.2 Å². The summed E-state index contributed by atoms with van der Waals surface area (Å²) in [6.45, 7) is -1.02. The quantitative estimate of drug-likeness (QED) is 0.293. The Morgan fingerprint density at radius 1 is 1.03 bits per heavy atom. The van der Waals surface area contributed by atoms with E-state index in [1.165, 1.54) is 0 Å². The van der Waals surface area contributed by atoms with E-state index in [1.54, 1.807) is 0 Å². The lowest BCUT2D eigenvalue weighted by atomic mass is 10.0. The van der Waals surface area contributed by atoms with Gasteiger partial charge in [-0.1, -0.05) is 6.07 Å². The van der Waals surface area contributed by atoms with E-state index in [0.717, 1.165) is 31.3 Å². The van der Waals surface area contributed by atoms with Crippen LogP contribution in [0.3, 0.4) is 0 Å². The fraction of sp³-hybridized carbons (Fsp3) is 0.235. The SMILES string of the molecule is CN(N)C(=O)N(N)c1cccc(C(F)(F)F)c1COc1ccc(O)cc1C(F)(F)F. The summed E-state index contributed by atoms with van der Waals surface area (Å²) in [6, 6.07) is 3.60. The number of nitrogens with two attached hydrogens (primary N) is 2. The molecule has 5 N–H and O–H groups in total. The lowest BCUT2D eigenvalue weighted by Crippen LogP contribution is -2.49. The van der Waals surface area contributed by atoms with Crippen molar-refractivity contribution in [2.75, 3.05) is 12.1 Å². The minimum Gasteiger partial charge on any atom is -0.508 e. The van der Waals surface area contributed by atoms with Crippen LogP contribution in [-0.2, 0) is 19.0 Å². The van der Waals surface area contributed by atoms with E-state index in [-0.39, 0.29) is 0 Å². The number of rotatable bonds is 4. The summed E-state index contributed by atoms with van der Waals surface area (Å²) in [5, 5.41) is 10.1. The number of aromatic hydroxyl groups is 1. The minimum atomic E-state index is -4.95. The van der Waals surface area contributed by atoms with E-state index < -0.39 is 58.9 Å². The van der Waals surface area contributed by atoms with Crippen LogP contribution in [0, 0.1) is 0 Å². The van der Waals surface area contributed by atoms with Crippen molar-refractivity contribution in [2.24, 2.45) is 11.7 Å². The molecule has 0 aromatic heterocycles. The topological polar surface area (TPSA) is 105 Å². The first-order valence-electron chi connectivity index (χ1n) is 8.02. The van der Waals surface area contributed by atoms with Crippen molar-refractivity contribution in [1.82, 2.24) is 5.01 Å². The molecule has 0 aliphatic heterocycles. The standard InChI is InChI=1S/C17H16F6N4O3/c1-26(24)15(29)27(25)13-4-2-3-11(16(18,19)20)10(13)8-30-14-6-5-9(28)7-12(14)17(21,22)23/h2-7,28H,8,24-25H2,1H3. The highest BCUT2D eigenvalue weighted by Crippen LogP contribution is 2.40. The number of alkyl halides is 6. The van der Waals surface area contributed by atoms with Crippen LogP contribution in [0.1, 0.15) is 16.7 Å². The molecule has 2 aromatic rings. The predicted molar refractivity (Wildman–Crippen MR) is 92.9 cm³/mol. The molecule has 0 aliphatic carbocycles. The van der Waals surface area contributed by atoms with Crippen LogP contribution in [0.2, 0.25) is 0 Å². The third-order valence-electron chi connectivity index (χ3n) is 3.86. The number of urea groups is 1. The van der Waals surface area contributed by atoms with Gasteiger partial charge in [-0.3, -0.25) is 5.01 Å². The molecule has 30 heavy (non-hydrogen) atoms. The molecule has 0 saturated carbocycles. The summed E-state index contributed by atoms with van der Waals surface area (Å²) >= 11 is 0. The van der Waals surface area contributed by atoms with Crippen LogP contribution in [0.4, 0.5) is 36.8 Å². The van der Waals surface area contributed by atoms with Gasteiger partial charge in [0.25, 0.3) is 0 Å². The first kappa shape index (κ1) is 23.1. The van der Waals surface area contributed by atoms with E-state index in [9.17, 15) is 36.2 Å². The molecule has 2 rings (SSSR count).